The van der Waals surface area contributed by atoms with E-state index in [0.29, 0.717) is 22.9 Å². The van der Waals surface area contributed by atoms with Crippen molar-refractivity contribution in [2.24, 2.45) is 5.92 Å². The van der Waals surface area contributed by atoms with Gasteiger partial charge in [0.15, 0.2) is 5.65 Å². The van der Waals surface area contributed by atoms with Gasteiger partial charge in [-0.05, 0) is 30.9 Å². The number of nitrogens with one attached hydrogen (secondary N) is 1. The molecule has 1 saturated heterocycles. The predicted molar refractivity (Wildman–Crippen MR) is 94.6 cm³/mol. The van der Waals surface area contributed by atoms with E-state index >= 15 is 0 Å². The van der Waals surface area contributed by atoms with Crippen LogP contribution in [0.5, 0.6) is 0 Å². The zero-order valence-corrected chi connectivity index (χ0v) is 13.4. The molecule has 0 aliphatic carbocycles. The Morgan fingerprint density at radius 1 is 1.21 bits per heavy atom. The summed E-state index contributed by atoms with van der Waals surface area (Å²) in [5.74, 6) is 1.17. The zero-order chi connectivity index (χ0) is 16.5. The fourth-order valence-electron chi connectivity index (χ4n) is 3.16. The molecule has 1 aromatic carbocycles. The number of piperidine rings is 1. The summed E-state index contributed by atoms with van der Waals surface area (Å²) >= 11 is 0. The van der Waals surface area contributed by atoms with Gasteiger partial charge in [-0.25, -0.2) is 4.68 Å². The van der Waals surface area contributed by atoms with E-state index in [9.17, 15) is 4.79 Å². The lowest BCUT2D eigenvalue weighted by Crippen LogP contribution is -2.35. The summed E-state index contributed by atoms with van der Waals surface area (Å²) in [5, 5.41) is 4.84. The van der Waals surface area contributed by atoms with Crippen molar-refractivity contribution in [3.63, 3.8) is 0 Å². The number of aromatic nitrogens is 4. The highest BCUT2D eigenvalue weighted by Crippen LogP contribution is 2.22. The van der Waals surface area contributed by atoms with Crippen LogP contribution in [0.2, 0.25) is 0 Å². The van der Waals surface area contributed by atoms with Crippen LogP contribution in [0.1, 0.15) is 12.8 Å². The topological polar surface area (TPSA) is 66.8 Å². The van der Waals surface area contributed by atoms with Crippen molar-refractivity contribution in [1.82, 2.24) is 19.7 Å². The molecule has 1 fully saturated rings. The number of H-pyrrole nitrogens is 1. The Morgan fingerprint density at radius 3 is 2.67 bits per heavy atom. The number of benzene rings is 1. The Hall–Kier alpha value is -2.89. The number of hydrogen-bond acceptors (Lipinski definition) is 4. The third kappa shape index (κ3) is 2.50. The van der Waals surface area contributed by atoms with Crippen LogP contribution in [0, 0.1) is 5.92 Å². The molecule has 122 valence electrons. The summed E-state index contributed by atoms with van der Waals surface area (Å²) in [4.78, 5) is 22.1. The number of aromatic amines is 1. The van der Waals surface area contributed by atoms with Gasteiger partial charge in [0.05, 0.1) is 11.9 Å². The van der Waals surface area contributed by atoms with E-state index in [2.05, 4.69) is 21.6 Å². The summed E-state index contributed by atoms with van der Waals surface area (Å²) in [7, 11) is 0. The summed E-state index contributed by atoms with van der Waals surface area (Å²) in [5.41, 5.74) is 1.33. The zero-order valence-electron chi connectivity index (χ0n) is 13.4. The van der Waals surface area contributed by atoms with Gasteiger partial charge in [-0.2, -0.15) is 10.1 Å². The van der Waals surface area contributed by atoms with E-state index in [1.807, 2.05) is 36.4 Å². The molecule has 24 heavy (non-hydrogen) atoms. The molecule has 1 aliphatic heterocycles. The maximum Gasteiger partial charge on any atom is 0.263 e. The minimum absolute atomic E-state index is 0.150. The fraction of sp³-hybridized carbons (Fsp3) is 0.278. The van der Waals surface area contributed by atoms with Crippen LogP contribution >= 0.6 is 0 Å². The smallest absolute Gasteiger partial charge is 0.263 e. The second kappa shape index (κ2) is 5.96. The Bertz CT molecular complexity index is 919. The van der Waals surface area contributed by atoms with Gasteiger partial charge in [0.2, 0.25) is 5.95 Å². The standard InChI is InChI=1S/C18H19N5O/c1-2-13-8-10-22(11-9-13)18-20-16-15(17(24)21-18)12-19-23(16)14-6-4-3-5-7-14/h2-7,12-13H,1,8-11H2,(H,20,21,24). The minimum Gasteiger partial charge on any atom is -0.342 e. The van der Waals surface area contributed by atoms with Gasteiger partial charge in [0.25, 0.3) is 5.56 Å². The van der Waals surface area contributed by atoms with E-state index in [1.165, 1.54) is 0 Å². The summed E-state index contributed by atoms with van der Waals surface area (Å²) in [6, 6.07) is 9.73. The van der Waals surface area contributed by atoms with Crippen molar-refractivity contribution in [3.8, 4) is 5.69 Å². The van der Waals surface area contributed by atoms with Crippen LogP contribution < -0.4 is 10.5 Å². The van der Waals surface area contributed by atoms with Crippen LogP contribution in [0.3, 0.4) is 0 Å². The van der Waals surface area contributed by atoms with Gasteiger partial charge in [-0.15, -0.1) is 6.58 Å². The Balaban J connectivity index is 1.76. The number of hydrogen-bond donors (Lipinski definition) is 1. The maximum absolute atomic E-state index is 12.4. The predicted octanol–water partition coefficient (Wildman–Crippen LogP) is 2.51. The molecule has 3 heterocycles. The molecule has 0 saturated carbocycles. The number of anilines is 1. The van der Waals surface area contributed by atoms with Crippen molar-refractivity contribution in [2.75, 3.05) is 18.0 Å². The van der Waals surface area contributed by atoms with Gasteiger partial charge >= 0.3 is 0 Å². The molecule has 0 amide bonds. The van der Waals surface area contributed by atoms with Crippen LogP contribution in [-0.4, -0.2) is 32.8 Å². The highest BCUT2D eigenvalue weighted by molar-refractivity contribution is 5.76. The van der Waals surface area contributed by atoms with E-state index in [-0.39, 0.29) is 5.56 Å². The Kier molecular flexibility index (Phi) is 3.65. The van der Waals surface area contributed by atoms with Crippen molar-refractivity contribution in [3.05, 3.63) is 59.5 Å². The van der Waals surface area contributed by atoms with Crippen LogP contribution in [0.15, 0.2) is 54.0 Å². The van der Waals surface area contributed by atoms with Crippen LogP contribution in [0.25, 0.3) is 16.7 Å². The molecule has 0 unspecified atom stereocenters. The minimum atomic E-state index is -0.150. The van der Waals surface area contributed by atoms with Crippen molar-refractivity contribution in [1.29, 1.82) is 0 Å². The van der Waals surface area contributed by atoms with Crippen molar-refractivity contribution < 1.29 is 0 Å². The molecule has 1 aliphatic rings. The van der Waals surface area contributed by atoms with Crippen LogP contribution in [0.4, 0.5) is 5.95 Å². The third-order valence-electron chi connectivity index (χ3n) is 4.60. The van der Waals surface area contributed by atoms with E-state index < -0.39 is 0 Å². The molecule has 6 nitrogen and oxygen atoms in total. The molecule has 3 aromatic rings. The first-order chi connectivity index (χ1) is 11.8. The third-order valence-corrected chi connectivity index (χ3v) is 4.60. The van der Waals surface area contributed by atoms with Gasteiger partial charge in [-0.3, -0.25) is 9.78 Å². The molecular formula is C18H19N5O. The first-order valence-corrected chi connectivity index (χ1v) is 8.17. The number of nitrogens with zero attached hydrogens (tertiary/aromatic N) is 4. The highest BCUT2D eigenvalue weighted by Gasteiger charge is 2.20. The number of allylic oxidation sites excluding steroid dienone is 1. The van der Waals surface area contributed by atoms with E-state index in [1.54, 1.807) is 10.9 Å². The second-order valence-corrected chi connectivity index (χ2v) is 6.08. The lowest BCUT2D eigenvalue weighted by atomic mass is 9.97. The summed E-state index contributed by atoms with van der Waals surface area (Å²) < 4.78 is 1.71. The molecule has 0 bridgehead atoms. The van der Waals surface area contributed by atoms with Gasteiger partial charge in [0, 0.05) is 13.1 Å². The average molecular weight is 321 g/mol. The molecule has 0 radical (unpaired) electrons. The molecule has 2 aromatic heterocycles. The first-order valence-electron chi connectivity index (χ1n) is 8.17. The molecule has 0 spiro atoms. The SMILES string of the molecule is C=CC1CCN(c2nc3c(cnn3-c3ccccc3)c(=O)[nH]2)CC1. The average Bonchev–Trinajstić information content (AvgIpc) is 3.07. The van der Waals surface area contributed by atoms with Crippen molar-refractivity contribution in [2.45, 2.75) is 12.8 Å². The largest absolute Gasteiger partial charge is 0.342 e. The van der Waals surface area contributed by atoms with Crippen molar-refractivity contribution >= 4 is 17.0 Å². The normalized spacial score (nSPS) is 15.8. The molecule has 6 heteroatoms. The highest BCUT2D eigenvalue weighted by atomic mass is 16.1. The van der Waals surface area contributed by atoms with Crippen LogP contribution in [-0.2, 0) is 0 Å². The van der Waals surface area contributed by atoms with Gasteiger partial charge in [0.1, 0.15) is 5.39 Å². The maximum atomic E-state index is 12.4. The number of rotatable bonds is 3. The quantitative estimate of drug-likeness (QED) is 0.753. The summed E-state index contributed by atoms with van der Waals surface area (Å²) in [6.07, 6.45) is 5.65. The van der Waals surface area contributed by atoms with Gasteiger partial charge < -0.3 is 4.90 Å². The molecule has 1 N–H and O–H groups in total. The lowest BCUT2D eigenvalue weighted by Gasteiger charge is -2.30. The van der Waals surface area contributed by atoms with E-state index in [0.717, 1.165) is 31.6 Å². The molecule has 4 rings (SSSR count). The Labute approximate surface area is 139 Å². The molecule has 0 atom stereocenters. The number of fused-ring (bicyclic) bond motifs is 1. The first kappa shape index (κ1) is 14.7. The second-order valence-electron chi connectivity index (χ2n) is 6.08. The monoisotopic (exact) mass is 321 g/mol. The van der Waals surface area contributed by atoms with E-state index in [4.69, 9.17) is 4.98 Å². The fourth-order valence-corrected chi connectivity index (χ4v) is 3.16. The number of para-hydroxylation sites is 1. The lowest BCUT2D eigenvalue weighted by molar-refractivity contribution is 0.474. The summed E-state index contributed by atoms with van der Waals surface area (Å²) in [6.45, 7) is 5.60. The van der Waals surface area contributed by atoms with Gasteiger partial charge in [-0.1, -0.05) is 24.3 Å². The Morgan fingerprint density at radius 2 is 1.96 bits per heavy atom. The molecular weight excluding hydrogens is 302 g/mol.